The SMILES string of the molecule is COC(=O)c1cccc(NCc2cccc(F)c2)c1N. The highest BCUT2D eigenvalue weighted by atomic mass is 19.1. The number of hydrogen-bond acceptors (Lipinski definition) is 4. The van der Waals surface area contributed by atoms with E-state index < -0.39 is 5.97 Å². The normalized spacial score (nSPS) is 10.1. The molecular formula is C15H15FN2O2. The third-order valence-electron chi connectivity index (χ3n) is 2.88. The topological polar surface area (TPSA) is 64.3 Å². The summed E-state index contributed by atoms with van der Waals surface area (Å²) in [6, 6.07) is 11.3. The summed E-state index contributed by atoms with van der Waals surface area (Å²) in [5.41, 5.74) is 7.93. The van der Waals surface area contributed by atoms with Gasteiger partial charge in [0.2, 0.25) is 0 Å². The van der Waals surface area contributed by atoms with Crippen LogP contribution in [0.2, 0.25) is 0 Å². The van der Waals surface area contributed by atoms with Crippen molar-refractivity contribution in [3.63, 3.8) is 0 Å². The molecule has 2 rings (SSSR count). The number of benzene rings is 2. The number of hydrogen-bond donors (Lipinski definition) is 2. The van der Waals surface area contributed by atoms with Crippen molar-refractivity contribution in [1.29, 1.82) is 0 Å². The van der Waals surface area contributed by atoms with Crippen LogP contribution in [0.3, 0.4) is 0 Å². The van der Waals surface area contributed by atoms with Crippen LogP contribution >= 0.6 is 0 Å². The summed E-state index contributed by atoms with van der Waals surface area (Å²) in [6.45, 7) is 0.409. The van der Waals surface area contributed by atoms with E-state index in [9.17, 15) is 9.18 Å². The molecule has 104 valence electrons. The van der Waals surface area contributed by atoms with Crippen LogP contribution in [0.25, 0.3) is 0 Å². The van der Waals surface area contributed by atoms with Crippen molar-refractivity contribution in [1.82, 2.24) is 0 Å². The van der Waals surface area contributed by atoms with Crippen LogP contribution in [0.4, 0.5) is 15.8 Å². The third-order valence-corrected chi connectivity index (χ3v) is 2.88. The monoisotopic (exact) mass is 274 g/mol. The van der Waals surface area contributed by atoms with Crippen molar-refractivity contribution in [2.45, 2.75) is 6.54 Å². The highest BCUT2D eigenvalue weighted by molar-refractivity contribution is 5.98. The first-order valence-corrected chi connectivity index (χ1v) is 6.07. The Morgan fingerprint density at radius 3 is 2.75 bits per heavy atom. The number of nitrogen functional groups attached to an aromatic ring is 1. The first kappa shape index (κ1) is 13.9. The van der Waals surface area contributed by atoms with E-state index in [1.165, 1.54) is 19.2 Å². The number of rotatable bonds is 4. The van der Waals surface area contributed by atoms with Gasteiger partial charge in [0.1, 0.15) is 5.82 Å². The van der Waals surface area contributed by atoms with Crippen molar-refractivity contribution in [3.8, 4) is 0 Å². The minimum absolute atomic E-state index is 0.291. The smallest absolute Gasteiger partial charge is 0.340 e. The van der Waals surface area contributed by atoms with Crippen molar-refractivity contribution >= 4 is 17.3 Å². The van der Waals surface area contributed by atoms with E-state index >= 15 is 0 Å². The molecule has 3 N–H and O–H groups in total. The lowest BCUT2D eigenvalue weighted by Gasteiger charge is -2.12. The molecule has 0 atom stereocenters. The van der Waals surface area contributed by atoms with Crippen LogP contribution in [0, 0.1) is 5.82 Å². The zero-order valence-electron chi connectivity index (χ0n) is 11.0. The van der Waals surface area contributed by atoms with Gasteiger partial charge in [-0.25, -0.2) is 9.18 Å². The molecule has 0 radical (unpaired) electrons. The first-order valence-electron chi connectivity index (χ1n) is 6.07. The summed E-state index contributed by atoms with van der Waals surface area (Å²) in [7, 11) is 1.30. The number of methoxy groups -OCH3 is 1. The number of carbonyl (C=O) groups is 1. The van der Waals surface area contributed by atoms with Gasteiger partial charge in [0.05, 0.1) is 24.0 Å². The molecule has 0 fully saturated rings. The Balaban J connectivity index is 2.16. The second-order valence-corrected chi connectivity index (χ2v) is 4.24. The molecule has 0 saturated carbocycles. The summed E-state index contributed by atoms with van der Waals surface area (Å²) in [5, 5.41) is 3.08. The highest BCUT2D eigenvalue weighted by Gasteiger charge is 2.12. The lowest BCUT2D eigenvalue weighted by molar-refractivity contribution is 0.0602. The highest BCUT2D eigenvalue weighted by Crippen LogP contribution is 2.24. The average molecular weight is 274 g/mol. The fourth-order valence-electron chi connectivity index (χ4n) is 1.85. The standard InChI is InChI=1S/C15H15FN2O2/c1-20-15(19)12-6-3-7-13(14(12)17)18-9-10-4-2-5-11(16)8-10/h2-8,18H,9,17H2,1H3. The fraction of sp³-hybridized carbons (Fsp3) is 0.133. The maximum atomic E-state index is 13.1. The Labute approximate surface area is 116 Å². The van der Waals surface area contributed by atoms with Crippen LogP contribution in [-0.2, 0) is 11.3 Å². The Hall–Kier alpha value is -2.56. The third kappa shape index (κ3) is 3.06. The lowest BCUT2D eigenvalue weighted by Crippen LogP contribution is -2.09. The molecule has 0 amide bonds. The number of nitrogens with two attached hydrogens (primary N) is 1. The summed E-state index contributed by atoms with van der Waals surface area (Å²) in [6.07, 6.45) is 0. The van der Waals surface area contributed by atoms with E-state index in [4.69, 9.17) is 5.73 Å². The second kappa shape index (κ2) is 6.06. The van der Waals surface area contributed by atoms with Gasteiger partial charge in [-0.15, -0.1) is 0 Å². The van der Waals surface area contributed by atoms with Gasteiger partial charge in [-0.3, -0.25) is 0 Å². The molecule has 2 aromatic rings. The Bertz CT molecular complexity index is 629. The molecular weight excluding hydrogens is 259 g/mol. The molecule has 4 nitrogen and oxygen atoms in total. The van der Waals surface area contributed by atoms with E-state index in [1.807, 2.05) is 0 Å². The van der Waals surface area contributed by atoms with Gasteiger partial charge < -0.3 is 15.8 Å². The van der Waals surface area contributed by atoms with Crippen LogP contribution in [-0.4, -0.2) is 13.1 Å². The minimum atomic E-state index is -0.489. The molecule has 0 bridgehead atoms. The second-order valence-electron chi connectivity index (χ2n) is 4.24. The summed E-state index contributed by atoms with van der Waals surface area (Å²) < 4.78 is 17.7. The van der Waals surface area contributed by atoms with Crippen molar-refractivity contribution < 1.29 is 13.9 Å². The largest absolute Gasteiger partial charge is 0.465 e. The van der Waals surface area contributed by atoms with Crippen molar-refractivity contribution in [2.75, 3.05) is 18.2 Å². The quantitative estimate of drug-likeness (QED) is 0.664. The van der Waals surface area contributed by atoms with Gasteiger partial charge in [-0.2, -0.15) is 0 Å². The average Bonchev–Trinajstić information content (AvgIpc) is 2.45. The first-order chi connectivity index (χ1) is 9.61. The molecule has 20 heavy (non-hydrogen) atoms. The molecule has 0 aliphatic heterocycles. The van der Waals surface area contributed by atoms with Crippen LogP contribution in [0.15, 0.2) is 42.5 Å². The van der Waals surface area contributed by atoms with Gasteiger partial charge in [-0.1, -0.05) is 18.2 Å². The van der Waals surface area contributed by atoms with E-state index in [2.05, 4.69) is 10.1 Å². The number of para-hydroxylation sites is 1. The number of nitrogens with one attached hydrogen (secondary N) is 1. The zero-order valence-corrected chi connectivity index (χ0v) is 11.0. The van der Waals surface area contributed by atoms with Crippen molar-refractivity contribution in [3.05, 3.63) is 59.4 Å². The van der Waals surface area contributed by atoms with E-state index in [0.717, 1.165) is 5.56 Å². The van der Waals surface area contributed by atoms with E-state index in [0.29, 0.717) is 23.5 Å². The van der Waals surface area contributed by atoms with Gasteiger partial charge in [0.15, 0.2) is 0 Å². The summed E-state index contributed by atoms with van der Waals surface area (Å²) in [5.74, 6) is -0.780. The van der Waals surface area contributed by atoms with E-state index in [1.54, 1.807) is 30.3 Å². The van der Waals surface area contributed by atoms with Crippen LogP contribution in [0.1, 0.15) is 15.9 Å². The van der Waals surface area contributed by atoms with Crippen LogP contribution in [0.5, 0.6) is 0 Å². The van der Waals surface area contributed by atoms with Gasteiger partial charge in [0, 0.05) is 6.54 Å². The summed E-state index contributed by atoms with van der Waals surface area (Å²) >= 11 is 0. The molecule has 0 heterocycles. The van der Waals surface area contributed by atoms with Gasteiger partial charge >= 0.3 is 5.97 Å². The molecule has 0 aliphatic rings. The molecule has 0 aromatic heterocycles. The molecule has 5 heteroatoms. The number of ether oxygens (including phenoxy) is 1. The number of anilines is 2. The number of esters is 1. The minimum Gasteiger partial charge on any atom is -0.465 e. The number of halogens is 1. The van der Waals surface area contributed by atoms with Gasteiger partial charge in [0.25, 0.3) is 0 Å². The molecule has 0 aliphatic carbocycles. The van der Waals surface area contributed by atoms with Crippen molar-refractivity contribution in [2.24, 2.45) is 0 Å². The maximum absolute atomic E-state index is 13.1. The molecule has 0 unspecified atom stereocenters. The Morgan fingerprint density at radius 2 is 2.05 bits per heavy atom. The number of carbonyl (C=O) groups excluding carboxylic acids is 1. The zero-order chi connectivity index (χ0) is 14.5. The fourth-order valence-corrected chi connectivity index (χ4v) is 1.85. The predicted molar refractivity (Wildman–Crippen MR) is 75.9 cm³/mol. The Kier molecular flexibility index (Phi) is 4.20. The molecule has 2 aromatic carbocycles. The predicted octanol–water partition coefficient (Wildman–Crippen LogP) is 2.81. The van der Waals surface area contributed by atoms with Gasteiger partial charge in [-0.05, 0) is 29.8 Å². The maximum Gasteiger partial charge on any atom is 0.340 e. The molecule has 0 saturated heterocycles. The van der Waals surface area contributed by atoms with E-state index in [-0.39, 0.29) is 5.82 Å². The molecule has 0 spiro atoms. The summed E-state index contributed by atoms with van der Waals surface area (Å²) in [4.78, 5) is 11.5. The van der Waals surface area contributed by atoms with Crippen LogP contribution < -0.4 is 11.1 Å². The Morgan fingerprint density at radius 1 is 1.30 bits per heavy atom. The lowest BCUT2D eigenvalue weighted by atomic mass is 10.1.